The minimum absolute atomic E-state index is 0.360. The lowest BCUT2D eigenvalue weighted by atomic mass is 10.1. The molecule has 33 heavy (non-hydrogen) atoms. The predicted octanol–water partition coefficient (Wildman–Crippen LogP) is 5.40. The number of amides is 1. The molecule has 0 radical (unpaired) electrons. The quantitative estimate of drug-likeness (QED) is 0.432. The number of nitrogens with two attached hydrogens (primary N) is 1. The summed E-state index contributed by atoms with van der Waals surface area (Å²) in [6.45, 7) is 8.42. The van der Waals surface area contributed by atoms with Gasteiger partial charge in [-0.3, -0.25) is 0 Å². The number of nitrogen functional groups attached to an aromatic ring is 1. The monoisotopic (exact) mass is 509 g/mol. The number of alkyl carbamates (subject to hydrolysis) is 1. The van der Waals surface area contributed by atoms with Gasteiger partial charge in [0.2, 0.25) is 0 Å². The van der Waals surface area contributed by atoms with Crippen molar-refractivity contribution in [2.24, 2.45) is 0 Å². The highest BCUT2D eigenvalue weighted by Crippen LogP contribution is 2.32. The fourth-order valence-corrected chi connectivity index (χ4v) is 3.85. The lowest BCUT2D eigenvalue weighted by molar-refractivity contribution is 0.0523. The van der Waals surface area contributed by atoms with Gasteiger partial charge in [-0.05, 0) is 50.1 Å². The van der Waals surface area contributed by atoms with Crippen molar-refractivity contribution in [3.63, 3.8) is 0 Å². The molecule has 0 spiro atoms. The van der Waals surface area contributed by atoms with Crippen LogP contribution in [0.2, 0.25) is 0 Å². The summed E-state index contributed by atoms with van der Waals surface area (Å²) < 4.78 is 8.20. The van der Waals surface area contributed by atoms with Gasteiger partial charge in [-0.15, -0.1) is 0 Å². The molecule has 0 bridgehead atoms. The third-order valence-corrected chi connectivity index (χ3v) is 5.43. The Kier molecular flexibility index (Phi) is 7.44. The maximum Gasteiger partial charge on any atom is 0.407 e. The van der Waals surface area contributed by atoms with Crippen LogP contribution in [0.4, 0.5) is 10.5 Å². The third-order valence-electron chi connectivity index (χ3n) is 4.94. The Bertz CT molecular complexity index is 1190. The Morgan fingerprint density at radius 1 is 1.21 bits per heavy atom. The molecule has 1 heterocycles. The molecule has 8 heteroatoms. The van der Waals surface area contributed by atoms with Gasteiger partial charge in [-0.2, -0.15) is 5.26 Å². The van der Waals surface area contributed by atoms with Crippen LogP contribution in [0.25, 0.3) is 11.3 Å². The predicted molar refractivity (Wildman–Crippen MR) is 132 cm³/mol. The maximum absolute atomic E-state index is 11.9. The number of hydrogen-bond acceptors (Lipinski definition) is 5. The Hall–Kier alpha value is -3.31. The summed E-state index contributed by atoms with van der Waals surface area (Å²) in [6.07, 6.45) is 0.238. The van der Waals surface area contributed by atoms with Gasteiger partial charge >= 0.3 is 6.09 Å². The van der Waals surface area contributed by atoms with Gasteiger partial charge in [0, 0.05) is 35.2 Å². The van der Waals surface area contributed by atoms with Gasteiger partial charge in [0.1, 0.15) is 17.5 Å². The zero-order chi connectivity index (χ0) is 24.2. The third kappa shape index (κ3) is 6.14. The number of carbonyl (C=O) groups is 1. The first-order valence-corrected chi connectivity index (χ1v) is 11.5. The van der Waals surface area contributed by atoms with E-state index < -0.39 is 11.7 Å². The van der Waals surface area contributed by atoms with E-state index in [2.05, 4.69) is 32.3 Å². The van der Waals surface area contributed by atoms with Crippen LogP contribution in [0.1, 0.15) is 50.3 Å². The highest BCUT2D eigenvalue weighted by Gasteiger charge is 2.20. The molecular weight excluding hydrogens is 482 g/mol. The van der Waals surface area contributed by atoms with E-state index in [0.29, 0.717) is 30.9 Å². The first-order chi connectivity index (χ1) is 15.6. The molecule has 0 saturated carbocycles. The van der Waals surface area contributed by atoms with Gasteiger partial charge in [-0.1, -0.05) is 47.1 Å². The molecule has 0 aliphatic rings. The van der Waals surface area contributed by atoms with Gasteiger partial charge in [-0.25, -0.2) is 9.78 Å². The van der Waals surface area contributed by atoms with Crippen LogP contribution in [0.15, 0.2) is 46.9 Å². The van der Waals surface area contributed by atoms with Crippen molar-refractivity contribution in [1.29, 1.82) is 5.26 Å². The number of nitriles is 1. The topological polar surface area (TPSA) is 106 Å². The number of carbonyl (C=O) groups excluding carboxylic acids is 1. The number of halogens is 1. The van der Waals surface area contributed by atoms with E-state index in [4.69, 9.17) is 10.5 Å². The molecule has 3 rings (SSSR count). The minimum Gasteiger partial charge on any atom is -0.444 e. The first kappa shape index (κ1) is 24.3. The van der Waals surface area contributed by atoms with E-state index in [1.807, 2.05) is 74.7 Å². The second-order valence-corrected chi connectivity index (χ2v) is 9.60. The number of aromatic nitrogens is 2. The van der Waals surface area contributed by atoms with Crippen molar-refractivity contribution < 1.29 is 9.53 Å². The van der Waals surface area contributed by atoms with Crippen molar-refractivity contribution >= 4 is 27.7 Å². The maximum atomic E-state index is 11.9. The summed E-state index contributed by atoms with van der Waals surface area (Å²) in [6, 6.07) is 15.8. The highest BCUT2D eigenvalue weighted by molar-refractivity contribution is 9.10. The fraction of sp³-hybridized carbons (Fsp3) is 0.320. The van der Waals surface area contributed by atoms with Crippen LogP contribution in [-0.2, 0) is 24.2 Å². The van der Waals surface area contributed by atoms with Crippen LogP contribution < -0.4 is 11.1 Å². The molecule has 0 aliphatic heterocycles. The van der Waals surface area contributed by atoms with Crippen LogP contribution in [-0.4, -0.2) is 21.2 Å². The summed E-state index contributed by atoms with van der Waals surface area (Å²) >= 11 is 3.44. The summed E-state index contributed by atoms with van der Waals surface area (Å²) in [7, 11) is 0. The summed E-state index contributed by atoms with van der Waals surface area (Å²) in [5.74, 6) is 0.819. The number of benzene rings is 2. The number of nitrogens with zero attached hydrogens (tertiary/aromatic N) is 3. The number of aryl methyl sites for hydroxylation is 1. The van der Waals surface area contributed by atoms with Crippen molar-refractivity contribution in [2.45, 2.75) is 52.8 Å². The van der Waals surface area contributed by atoms with E-state index in [9.17, 15) is 10.1 Å². The van der Waals surface area contributed by atoms with Gasteiger partial charge in [0.25, 0.3) is 0 Å². The van der Waals surface area contributed by atoms with Crippen LogP contribution in [0, 0.1) is 11.3 Å². The molecule has 3 N–H and O–H groups in total. The van der Waals surface area contributed by atoms with Crippen LogP contribution >= 0.6 is 15.9 Å². The molecular formula is C25H28BrN5O2. The number of rotatable bonds is 6. The molecule has 3 aromatic rings. The Morgan fingerprint density at radius 2 is 1.88 bits per heavy atom. The number of imidazole rings is 1. The second kappa shape index (κ2) is 10.1. The van der Waals surface area contributed by atoms with E-state index in [0.717, 1.165) is 32.7 Å². The lowest BCUT2D eigenvalue weighted by Crippen LogP contribution is -2.32. The second-order valence-electron chi connectivity index (χ2n) is 8.68. The van der Waals surface area contributed by atoms with E-state index in [-0.39, 0.29) is 0 Å². The summed E-state index contributed by atoms with van der Waals surface area (Å²) in [4.78, 5) is 16.4. The largest absolute Gasteiger partial charge is 0.444 e. The molecule has 2 aromatic carbocycles. The normalized spacial score (nSPS) is 11.2. The van der Waals surface area contributed by atoms with Crippen LogP contribution in [0.3, 0.4) is 0 Å². The van der Waals surface area contributed by atoms with Gasteiger partial charge in [0.15, 0.2) is 5.69 Å². The average Bonchev–Trinajstić information content (AvgIpc) is 3.09. The van der Waals surface area contributed by atoms with E-state index >= 15 is 0 Å². The zero-order valence-electron chi connectivity index (χ0n) is 19.3. The van der Waals surface area contributed by atoms with Gasteiger partial charge in [0.05, 0.1) is 5.69 Å². The molecule has 0 atom stereocenters. The number of nitrogens with one attached hydrogen (secondary N) is 1. The van der Waals surface area contributed by atoms with Crippen molar-refractivity contribution in [3.8, 4) is 17.3 Å². The molecule has 1 amide bonds. The number of hydrogen-bond donors (Lipinski definition) is 2. The van der Waals surface area contributed by atoms with Crippen molar-refractivity contribution in [3.05, 3.63) is 69.6 Å². The highest BCUT2D eigenvalue weighted by atomic mass is 79.9. The SMILES string of the molecule is CCc1nc(C#N)c(-c2ccc(Br)cc2N)n1Cc1ccc(CNC(=O)OC(C)(C)C)cc1. The first-order valence-electron chi connectivity index (χ1n) is 10.7. The van der Waals surface area contributed by atoms with Crippen LogP contribution in [0.5, 0.6) is 0 Å². The van der Waals surface area contributed by atoms with E-state index in [1.165, 1.54) is 0 Å². The molecule has 0 saturated heterocycles. The Labute approximate surface area is 202 Å². The zero-order valence-corrected chi connectivity index (χ0v) is 20.9. The van der Waals surface area contributed by atoms with Crippen molar-refractivity contribution in [1.82, 2.24) is 14.9 Å². The Morgan fingerprint density at radius 3 is 2.45 bits per heavy atom. The summed E-state index contributed by atoms with van der Waals surface area (Å²) in [5, 5.41) is 12.5. The average molecular weight is 510 g/mol. The van der Waals surface area contributed by atoms with Gasteiger partial charge < -0.3 is 20.4 Å². The molecule has 0 aliphatic carbocycles. The van der Waals surface area contributed by atoms with E-state index in [1.54, 1.807) is 0 Å². The molecule has 0 fully saturated rings. The Balaban J connectivity index is 1.84. The fourth-order valence-electron chi connectivity index (χ4n) is 3.47. The smallest absolute Gasteiger partial charge is 0.407 e. The number of ether oxygens (including phenoxy) is 1. The molecule has 172 valence electrons. The lowest BCUT2D eigenvalue weighted by Gasteiger charge is -2.19. The molecule has 1 aromatic heterocycles. The summed E-state index contributed by atoms with van der Waals surface area (Å²) in [5.41, 5.74) is 10.2. The standard InChI is InChI=1S/C25H28BrN5O2/c1-5-22-30-21(13-27)23(19-11-10-18(26)12-20(19)28)31(22)15-17-8-6-16(7-9-17)14-29-24(32)33-25(2,3)4/h6-12H,5,14-15,28H2,1-4H3,(H,29,32). The number of anilines is 1. The van der Waals surface area contributed by atoms with Crippen molar-refractivity contribution in [2.75, 3.05) is 5.73 Å². The molecule has 7 nitrogen and oxygen atoms in total. The molecule has 0 unspecified atom stereocenters. The minimum atomic E-state index is -0.534.